The minimum atomic E-state index is -0.278. The topological polar surface area (TPSA) is 57.3 Å². The van der Waals surface area contributed by atoms with Crippen LogP contribution >= 0.6 is 46.8 Å². The van der Waals surface area contributed by atoms with Gasteiger partial charge in [0.05, 0.1) is 15.7 Å². The zero-order chi connectivity index (χ0) is 21.7. The first-order valence-corrected chi connectivity index (χ1v) is 11.3. The maximum Gasteiger partial charge on any atom is 0.257 e. The summed E-state index contributed by atoms with van der Waals surface area (Å²) in [6.07, 6.45) is 0. The first-order chi connectivity index (χ1) is 14.4. The van der Waals surface area contributed by atoms with Crippen LogP contribution in [-0.4, -0.2) is 29.1 Å². The lowest BCUT2D eigenvalue weighted by Crippen LogP contribution is -2.34. The van der Waals surface area contributed by atoms with E-state index >= 15 is 0 Å². The fourth-order valence-corrected chi connectivity index (χ4v) is 4.11. The van der Waals surface area contributed by atoms with Crippen LogP contribution in [0, 0.1) is 0 Å². The molecule has 0 fully saturated rings. The van der Waals surface area contributed by atoms with E-state index in [9.17, 15) is 4.79 Å². The molecule has 0 radical (unpaired) electrons. The second-order valence-electron chi connectivity index (χ2n) is 6.29. The van der Waals surface area contributed by atoms with E-state index in [0.717, 1.165) is 30.0 Å². The Hall–Kier alpha value is -2.19. The summed E-state index contributed by atoms with van der Waals surface area (Å²) in [6.45, 7) is 6.02. The van der Waals surface area contributed by atoms with Gasteiger partial charge in [-0.15, -0.1) is 11.3 Å². The van der Waals surface area contributed by atoms with Crippen molar-refractivity contribution in [2.45, 2.75) is 13.8 Å². The molecule has 0 saturated heterocycles. The Kier molecular flexibility index (Phi) is 7.66. The Morgan fingerprint density at radius 3 is 2.43 bits per heavy atom. The number of aromatic nitrogens is 1. The van der Waals surface area contributed by atoms with Crippen molar-refractivity contribution in [1.82, 2.24) is 10.3 Å². The molecule has 0 saturated carbocycles. The Balaban J connectivity index is 1.61. The Morgan fingerprint density at radius 2 is 1.80 bits per heavy atom. The standard InChI is InChI=1S/C21H20Cl2N4OS2/c1-3-27(4-2)15-8-5-13(6-9-15)19(28)25-20(29)26-21-24-18(12-30-21)14-7-10-16(22)17(23)11-14/h5-12H,3-4H2,1-2H3,(H2,24,25,26,28,29). The van der Waals surface area contributed by atoms with E-state index in [1.165, 1.54) is 11.3 Å². The second-order valence-corrected chi connectivity index (χ2v) is 8.37. The molecule has 0 unspecified atom stereocenters. The number of thiocarbonyl (C=S) groups is 1. The van der Waals surface area contributed by atoms with Gasteiger partial charge in [-0.25, -0.2) is 4.98 Å². The predicted octanol–water partition coefficient (Wildman–Crippen LogP) is 6.09. The van der Waals surface area contributed by atoms with Crippen LogP contribution < -0.4 is 15.5 Å². The first-order valence-electron chi connectivity index (χ1n) is 9.29. The zero-order valence-electron chi connectivity index (χ0n) is 16.4. The number of rotatable bonds is 6. The minimum absolute atomic E-state index is 0.183. The summed E-state index contributed by atoms with van der Waals surface area (Å²) in [5.41, 5.74) is 3.19. The highest BCUT2D eigenvalue weighted by atomic mass is 35.5. The van der Waals surface area contributed by atoms with Crippen molar-refractivity contribution in [2.24, 2.45) is 0 Å². The van der Waals surface area contributed by atoms with Gasteiger partial charge in [-0.2, -0.15) is 0 Å². The average Bonchev–Trinajstić information content (AvgIpc) is 3.19. The van der Waals surface area contributed by atoms with Crippen LogP contribution in [0.2, 0.25) is 10.0 Å². The zero-order valence-corrected chi connectivity index (χ0v) is 19.6. The van der Waals surface area contributed by atoms with Crippen LogP contribution in [0.1, 0.15) is 24.2 Å². The number of nitrogens with zero attached hydrogens (tertiary/aromatic N) is 2. The van der Waals surface area contributed by atoms with Crippen molar-refractivity contribution in [1.29, 1.82) is 0 Å². The summed E-state index contributed by atoms with van der Waals surface area (Å²) in [4.78, 5) is 19.2. The lowest BCUT2D eigenvalue weighted by molar-refractivity contribution is 0.0978. The van der Waals surface area contributed by atoms with Gasteiger partial charge in [-0.05, 0) is 62.5 Å². The lowest BCUT2D eigenvalue weighted by Gasteiger charge is -2.21. The van der Waals surface area contributed by atoms with Crippen LogP contribution in [0.3, 0.4) is 0 Å². The third-order valence-electron chi connectivity index (χ3n) is 4.43. The van der Waals surface area contributed by atoms with E-state index in [4.69, 9.17) is 35.4 Å². The molecule has 1 heterocycles. The SMILES string of the molecule is CCN(CC)c1ccc(C(=O)NC(=S)Nc2nc(-c3ccc(Cl)c(Cl)c3)cs2)cc1. The van der Waals surface area contributed by atoms with Crippen LogP contribution in [0.15, 0.2) is 47.8 Å². The van der Waals surface area contributed by atoms with Crippen molar-refractivity contribution in [3.05, 3.63) is 63.5 Å². The number of amides is 1. The third-order valence-corrected chi connectivity index (χ3v) is 6.13. The van der Waals surface area contributed by atoms with Gasteiger partial charge in [0, 0.05) is 35.3 Å². The summed E-state index contributed by atoms with van der Waals surface area (Å²) in [5, 5.41) is 9.21. The van der Waals surface area contributed by atoms with Crippen molar-refractivity contribution in [2.75, 3.05) is 23.3 Å². The summed E-state index contributed by atoms with van der Waals surface area (Å²) >= 11 is 18.7. The number of carbonyl (C=O) groups excluding carboxylic acids is 1. The number of hydrogen-bond acceptors (Lipinski definition) is 5. The van der Waals surface area contributed by atoms with Gasteiger partial charge in [-0.3, -0.25) is 10.1 Å². The number of anilines is 2. The second kappa shape index (κ2) is 10.2. The Bertz CT molecular complexity index is 1050. The van der Waals surface area contributed by atoms with Crippen molar-refractivity contribution in [3.63, 3.8) is 0 Å². The Morgan fingerprint density at radius 1 is 1.10 bits per heavy atom. The summed E-state index contributed by atoms with van der Waals surface area (Å²) < 4.78 is 0. The van der Waals surface area contributed by atoms with E-state index < -0.39 is 0 Å². The van der Waals surface area contributed by atoms with E-state index in [1.807, 2.05) is 23.6 Å². The largest absolute Gasteiger partial charge is 0.372 e. The van der Waals surface area contributed by atoms with Gasteiger partial charge in [-0.1, -0.05) is 29.3 Å². The van der Waals surface area contributed by atoms with Crippen molar-refractivity contribution in [3.8, 4) is 11.3 Å². The summed E-state index contributed by atoms with van der Waals surface area (Å²) in [6, 6.07) is 12.8. The van der Waals surface area contributed by atoms with Gasteiger partial charge in [0.15, 0.2) is 10.2 Å². The summed E-state index contributed by atoms with van der Waals surface area (Å²) in [5.74, 6) is -0.278. The highest BCUT2D eigenvalue weighted by Gasteiger charge is 2.12. The number of carbonyl (C=O) groups is 1. The molecule has 0 spiro atoms. The highest BCUT2D eigenvalue weighted by molar-refractivity contribution is 7.80. The molecule has 2 N–H and O–H groups in total. The number of nitrogens with one attached hydrogen (secondary N) is 2. The number of thiazole rings is 1. The van der Waals surface area contributed by atoms with Crippen molar-refractivity contribution >= 4 is 68.6 Å². The molecule has 9 heteroatoms. The molecule has 0 atom stereocenters. The molecule has 0 bridgehead atoms. The van der Waals surface area contributed by atoms with E-state index in [0.29, 0.717) is 20.7 Å². The molecule has 3 rings (SSSR count). The van der Waals surface area contributed by atoms with Crippen molar-refractivity contribution < 1.29 is 4.79 Å². The molecule has 156 valence electrons. The van der Waals surface area contributed by atoms with E-state index in [-0.39, 0.29) is 11.0 Å². The maximum atomic E-state index is 12.5. The van der Waals surface area contributed by atoms with E-state index in [1.54, 1.807) is 24.3 Å². The average molecular weight is 479 g/mol. The minimum Gasteiger partial charge on any atom is -0.372 e. The molecule has 1 amide bonds. The maximum absolute atomic E-state index is 12.5. The van der Waals surface area contributed by atoms with Gasteiger partial charge in [0.1, 0.15) is 0 Å². The number of hydrogen-bond donors (Lipinski definition) is 2. The van der Waals surface area contributed by atoms with Gasteiger partial charge in [0.25, 0.3) is 5.91 Å². The lowest BCUT2D eigenvalue weighted by atomic mass is 10.2. The molecule has 30 heavy (non-hydrogen) atoms. The number of halogens is 2. The normalized spacial score (nSPS) is 10.5. The molecule has 3 aromatic rings. The predicted molar refractivity (Wildman–Crippen MR) is 131 cm³/mol. The van der Waals surface area contributed by atoms with E-state index in [2.05, 4.69) is 34.4 Å². The quantitative estimate of drug-likeness (QED) is 0.419. The molecule has 2 aromatic carbocycles. The molecule has 5 nitrogen and oxygen atoms in total. The van der Waals surface area contributed by atoms with Gasteiger partial charge >= 0.3 is 0 Å². The van der Waals surface area contributed by atoms with Crippen LogP contribution in [-0.2, 0) is 0 Å². The fourth-order valence-electron chi connectivity index (χ4n) is 2.84. The molecular weight excluding hydrogens is 459 g/mol. The highest BCUT2D eigenvalue weighted by Crippen LogP contribution is 2.30. The van der Waals surface area contributed by atoms with Crippen LogP contribution in [0.25, 0.3) is 11.3 Å². The van der Waals surface area contributed by atoms with Crippen LogP contribution in [0.5, 0.6) is 0 Å². The molecule has 1 aromatic heterocycles. The Labute approximate surface area is 195 Å². The first kappa shape index (κ1) is 22.5. The smallest absolute Gasteiger partial charge is 0.257 e. The monoisotopic (exact) mass is 478 g/mol. The molecule has 0 aliphatic rings. The fraction of sp³-hybridized carbons (Fsp3) is 0.190. The number of benzene rings is 2. The summed E-state index contributed by atoms with van der Waals surface area (Å²) in [7, 11) is 0. The molecule has 0 aliphatic carbocycles. The van der Waals surface area contributed by atoms with Gasteiger partial charge < -0.3 is 10.2 Å². The molecular formula is C21H20Cl2N4OS2. The van der Waals surface area contributed by atoms with Gasteiger partial charge in [0.2, 0.25) is 0 Å². The van der Waals surface area contributed by atoms with Crippen LogP contribution in [0.4, 0.5) is 10.8 Å². The molecule has 0 aliphatic heterocycles. The third kappa shape index (κ3) is 5.49.